The van der Waals surface area contributed by atoms with Crippen LogP contribution in [0.15, 0.2) is 24.3 Å². The van der Waals surface area contributed by atoms with Crippen LogP contribution < -0.4 is 5.32 Å². The van der Waals surface area contributed by atoms with E-state index < -0.39 is 7.60 Å². The van der Waals surface area contributed by atoms with Crippen LogP contribution in [0.25, 0.3) is 0 Å². The molecule has 1 aliphatic heterocycles. The van der Waals surface area contributed by atoms with Crippen LogP contribution in [-0.2, 0) is 4.57 Å². The number of rotatable bonds is 2. The fraction of sp³-hybridized carbons (Fsp3) is 0.333. The van der Waals surface area contributed by atoms with Crippen LogP contribution in [0, 0.1) is 0 Å². The molecule has 1 aliphatic rings. The van der Waals surface area contributed by atoms with Crippen LogP contribution in [0.4, 0.5) is 5.69 Å². The van der Waals surface area contributed by atoms with E-state index in [9.17, 15) is 4.57 Å². The Morgan fingerprint density at radius 2 is 2.14 bits per heavy atom. The molecule has 2 rings (SSSR count). The molecule has 14 heavy (non-hydrogen) atoms. The van der Waals surface area contributed by atoms with Crippen LogP contribution in [0.5, 0.6) is 0 Å². The molecule has 5 heteroatoms. The van der Waals surface area contributed by atoms with Gasteiger partial charge in [0.1, 0.15) is 0 Å². The van der Waals surface area contributed by atoms with Gasteiger partial charge in [-0.1, -0.05) is 18.2 Å². The van der Waals surface area contributed by atoms with E-state index in [0.29, 0.717) is 6.54 Å². The molecule has 3 N–H and O–H groups in total. The lowest BCUT2D eigenvalue weighted by Crippen LogP contribution is -2.07. The summed E-state index contributed by atoms with van der Waals surface area (Å²) in [4.78, 5) is 17.8. The van der Waals surface area contributed by atoms with Crippen molar-refractivity contribution in [1.82, 2.24) is 0 Å². The second-order valence-corrected chi connectivity index (χ2v) is 5.21. The van der Waals surface area contributed by atoms with E-state index in [1.54, 1.807) is 0 Å². The summed E-state index contributed by atoms with van der Waals surface area (Å²) < 4.78 is 10.9. The minimum atomic E-state index is -3.91. The summed E-state index contributed by atoms with van der Waals surface area (Å²) in [7, 11) is -3.91. The van der Waals surface area contributed by atoms with Gasteiger partial charge in [0, 0.05) is 18.2 Å². The lowest BCUT2D eigenvalue weighted by atomic mass is 10.0. The highest BCUT2D eigenvalue weighted by Crippen LogP contribution is 2.43. The Morgan fingerprint density at radius 1 is 1.43 bits per heavy atom. The Morgan fingerprint density at radius 3 is 2.86 bits per heavy atom. The maximum atomic E-state index is 10.9. The number of hydrogen-bond acceptors (Lipinski definition) is 2. The van der Waals surface area contributed by atoms with Crippen molar-refractivity contribution in [2.75, 3.05) is 18.0 Å². The molecule has 0 bridgehead atoms. The van der Waals surface area contributed by atoms with Gasteiger partial charge in [0.25, 0.3) is 0 Å². The summed E-state index contributed by atoms with van der Waals surface area (Å²) in [5.74, 6) is -0.0629. The average molecular weight is 213 g/mol. The maximum absolute atomic E-state index is 10.9. The van der Waals surface area contributed by atoms with Crippen molar-refractivity contribution in [1.29, 1.82) is 0 Å². The van der Waals surface area contributed by atoms with E-state index in [1.165, 1.54) is 0 Å². The first-order valence-corrected chi connectivity index (χ1v) is 6.23. The third kappa shape index (κ3) is 1.98. The molecule has 1 aromatic carbocycles. The van der Waals surface area contributed by atoms with Gasteiger partial charge in [-0.05, 0) is 11.6 Å². The number of hydrogen-bond donors (Lipinski definition) is 3. The summed E-state index contributed by atoms with van der Waals surface area (Å²) in [5, 5.41) is 3.13. The third-order valence-corrected chi connectivity index (χ3v) is 3.31. The Bertz CT molecular complexity index is 387. The fourth-order valence-electron chi connectivity index (χ4n) is 1.81. The van der Waals surface area contributed by atoms with Gasteiger partial charge in [-0.3, -0.25) is 4.57 Å². The topological polar surface area (TPSA) is 69.6 Å². The molecule has 0 saturated carbocycles. The molecule has 4 nitrogen and oxygen atoms in total. The van der Waals surface area contributed by atoms with Crippen LogP contribution >= 0.6 is 7.60 Å². The van der Waals surface area contributed by atoms with Crippen molar-refractivity contribution < 1.29 is 14.4 Å². The van der Waals surface area contributed by atoms with Crippen molar-refractivity contribution >= 4 is 13.3 Å². The molecule has 0 saturated heterocycles. The first-order chi connectivity index (χ1) is 6.56. The van der Waals surface area contributed by atoms with Crippen molar-refractivity contribution in [2.45, 2.75) is 5.92 Å². The number of para-hydroxylation sites is 1. The summed E-state index contributed by atoms with van der Waals surface area (Å²) in [5.41, 5.74) is 2.00. The number of nitrogens with one attached hydrogen (secondary N) is 1. The second-order valence-electron chi connectivity index (χ2n) is 3.51. The molecule has 0 aromatic heterocycles. The van der Waals surface area contributed by atoms with E-state index >= 15 is 0 Å². The van der Waals surface area contributed by atoms with Gasteiger partial charge in [-0.2, -0.15) is 0 Å². The highest BCUT2D eigenvalue weighted by atomic mass is 31.2. The molecular formula is C9H12NO3P. The van der Waals surface area contributed by atoms with E-state index in [4.69, 9.17) is 9.79 Å². The lowest BCUT2D eigenvalue weighted by molar-refractivity contribution is 0.370. The molecular weight excluding hydrogens is 201 g/mol. The van der Waals surface area contributed by atoms with Gasteiger partial charge in [0.2, 0.25) is 0 Å². The zero-order valence-electron chi connectivity index (χ0n) is 7.55. The van der Waals surface area contributed by atoms with E-state index in [2.05, 4.69) is 5.32 Å². The highest BCUT2D eigenvalue weighted by Gasteiger charge is 2.28. The molecule has 1 aromatic rings. The van der Waals surface area contributed by atoms with Crippen LogP contribution in [0.1, 0.15) is 11.5 Å². The molecule has 0 radical (unpaired) electrons. The van der Waals surface area contributed by atoms with Crippen molar-refractivity contribution in [3.8, 4) is 0 Å². The molecule has 0 fully saturated rings. The maximum Gasteiger partial charge on any atom is 0.326 e. The predicted octanol–water partition coefficient (Wildman–Crippen LogP) is 1.37. The van der Waals surface area contributed by atoms with Crippen molar-refractivity contribution in [3.05, 3.63) is 29.8 Å². The largest absolute Gasteiger partial charge is 0.384 e. The van der Waals surface area contributed by atoms with Crippen molar-refractivity contribution in [2.24, 2.45) is 0 Å². The quantitative estimate of drug-likeness (QED) is 0.649. The average Bonchev–Trinajstić information content (AvgIpc) is 2.47. The van der Waals surface area contributed by atoms with Crippen LogP contribution in [-0.4, -0.2) is 22.5 Å². The summed E-state index contributed by atoms with van der Waals surface area (Å²) in [6.07, 6.45) is -0.0724. The van der Waals surface area contributed by atoms with E-state index in [1.807, 2.05) is 24.3 Å². The van der Waals surface area contributed by atoms with Gasteiger partial charge in [-0.15, -0.1) is 0 Å². The second kappa shape index (κ2) is 3.39. The van der Waals surface area contributed by atoms with Gasteiger partial charge >= 0.3 is 7.60 Å². The summed E-state index contributed by atoms with van der Waals surface area (Å²) >= 11 is 0. The van der Waals surface area contributed by atoms with E-state index in [0.717, 1.165) is 11.3 Å². The molecule has 0 aliphatic carbocycles. The Hall–Kier alpha value is -0.830. The number of fused-ring (bicyclic) bond motifs is 1. The van der Waals surface area contributed by atoms with Gasteiger partial charge in [0.15, 0.2) is 0 Å². The molecule has 76 valence electrons. The first-order valence-electron chi connectivity index (χ1n) is 4.43. The van der Waals surface area contributed by atoms with Crippen LogP contribution in [0.2, 0.25) is 0 Å². The summed E-state index contributed by atoms with van der Waals surface area (Å²) in [6.45, 7) is 0.616. The van der Waals surface area contributed by atoms with Crippen molar-refractivity contribution in [3.63, 3.8) is 0 Å². The summed E-state index contributed by atoms with van der Waals surface area (Å²) in [6, 6.07) is 7.63. The van der Waals surface area contributed by atoms with Gasteiger partial charge in [-0.25, -0.2) is 0 Å². The minimum Gasteiger partial charge on any atom is -0.384 e. The van der Waals surface area contributed by atoms with Gasteiger partial charge in [0.05, 0.1) is 6.16 Å². The number of anilines is 1. The monoisotopic (exact) mass is 213 g/mol. The zero-order chi connectivity index (χ0) is 10.2. The lowest BCUT2D eigenvalue weighted by Gasteiger charge is -2.10. The normalized spacial score (nSPS) is 20.3. The molecule has 1 atom stereocenters. The number of benzene rings is 1. The fourth-order valence-corrected chi connectivity index (χ4v) is 2.71. The Labute approximate surface area is 82.1 Å². The molecule has 1 heterocycles. The third-order valence-electron chi connectivity index (χ3n) is 2.40. The predicted molar refractivity (Wildman–Crippen MR) is 54.6 cm³/mol. The highest BCUT2D eigenvalue weighted by molar-refractivity contribution is 7.51. The smallest absolute Gasteiger partial charge is 0.326 e. The standard InChI is InChI=1S/C9H12NO3P/c11-14(12,13)6-7-5-10-9-4-2-1-3-8(7)9/h1-4,7,10H,5-6H2,(H2,11,12,13). The van der Waals surface area contributed by atoms with E-state index in [-0.39, 0.29) is 12.1 Å². The minimum absolute atomic E-state index is 0.0629. The van der Waals surface area contributed by atoms with Crippen LogP contribution in [0.3, 0.4) is 0 Å². The zero-order valence-corrected chi connectivity index (χ0v) is 8.45. The van der Waals surface area contributed by atoms with Gasteiger partial charge < -0.3 is 15.1 Å². The SMILES string of the molecule is O=P(O)(O)CC1CNc2ccccc21. The first kappa shape index (κ1) is 9.71. The Balaban J connectivity index is 2.23. The molecule has 0 amide bonds. The Kier molecular flexibility index (Phi) is 2.35. The molecule has 0 spiro atoms. The molecule has 1 unspecified atom stereocenters.